The quantitative estimate of drug-likeness (QED) is 0.781. The van der Waals surface area contributed by atoms with Gasteiger partial charge in [-0.2, -0.15) is 0 Å². The fourth-order valence-corrected chi connectivity index (χ4v) is 3.41. The molecule has 0 aromatic carbocycles. The minimum atomic E-state index is 0.357. The van der Waals surface area contributed by atoms with Crippen molar-refractivity contribution >= 4 is 0 Å². The van der Waals surface area contributed by atoms with Crippen LogP contribution in [0.1, 0.15) is 58.8 Å². The van der Waals surface area contributed by atoms with Gasteiger partial charge in [0.1, 0.15) is 0 Å². The smallest absolute Gasteiger partial charge is 0.0332 e. The monoisotopic (exact) mass is 224 g/mol. The van der Waals surface area contributed by atoms with Crippen LogP contribution in [-0.2, 0) is 0 Å². The predicted molar refractivity (Wildman–Crippen MR) is 69.5 cm³/mol. The highest BCUT2D eigenvalue weighted by atomic mass is 15.2. The topological polar surface area (TPSA) is 29.3 Å². The van der Waals surface area contributed by atoms with Crippen molar-refractivity contribution in [3.8, 4) is 0 Å². The average Bonchev–Trinajstić information content (AvgIpc) is 2.31. The number of piperidine rings is 1. The van der Waals surface area contributed by atoms with Crippen molar-refractivity contribution in [3.05, 3.63) is 0 Å². The Bertz CT molecular complexity index is 219. The van der Waals surface area contributed by atoms with Crippen molar-refractivity contribution in [2.75, 3.05) is 19.6 Å². The minimum absolute atomic E-state index is 0.357. The van der Waals surface area contributed by atoms with Crippen LogP contribution in [0.25, 0.3) is 0 Å². The largest absolute Gasteiger partial charge is 0.329 e. The molecule has 0 spiro atoms. The van der Waals surface area contributed by atoms with Gasteiger partial charge in [-0.05, 0) is 57.0 Å². The fraction of sp³-hybridized carbons (Fsp3) is 1.00. The molecule has 1 aliphatic heterocycles. The van der Waals surface area contributed by atoms with Gasteiger partial charge in [0.05, 0.1) is 0 Å². The lowest BCUT2D eigenvalue weighted by atomic mass is 9.68. The second kappa shape index (κ2) is 4.66. The van der Waals surface area contributed by atoms with Gasteiger partial charge in [0.25, 0.3) is 0 Å². The molecule has 2 rings (SSSR count). The van der Waals surface area contributed by atoms with E-state index in [0.29, 0.717) is 11.0 Å². The Morgan fingerprint density at radius 2 is 1.50 bits per heavy atom. The Kier molecular flexibility index (Phi) is 3.60. The fourth-order valence-electron chi connectivity index (χ4n) is 3.41. The van der Waals surface area contributed by atoms with E-state index in [2.05, 4.69) is 18.7 Å². The first kappa shape index (κ1) is 12.4. The van der Waals surface area contributed by atoms with Crippen molar-refractivity contribution in [1.82, 2.24) is 4.90 Å². The molecule has 0 bridgehead atoms. The Balaban J connectivity index is 2.02. The Labute approximate surface area is 101 Å². The predicted octanol–water partition coefficient (Wildman–Crippen LogP) is 2.77. The highest BCUT2D eigenvalue weighted by molar-refractivity contribution is 4.98. The van der Waals surface area contributed by atoms with Crippen LogP contribution in [-0.4, -0.2) is 30.1 Å². The molecule has 2 nitrogen and oxygen atoms in total. The molecule has 1 heterocycles. The molecule has 1 aliphatic carbocycles. The van der Waals surface area contributed by atoms with E-state index >= 15 is 0 Å². The maximum atomic E-state index is 6.12. The summed E-state index contributed by atoms with van der Waals surface area (Å²) in [4.78, 5) is 2.71. The van der Waals surface area contributed by atoms with Crippen molar-refractivity contribution in [2.45, 2.75) is 64.3 Å². The molecule has 0 radical (unpaired) electrons. The van der Waals surface area contributed by atoms with Crippen LogP contribution in [0.5, 0.6) is 0 Å². The molecule has 1 saturated heterocycles. The van der Waals surface area contributed by atoms with E-state index < -0.39 is 0 Å². The summed E-state index contributed by atoms with van der Waals surface area (Å²) in [7, 11) is 0. The summed E-state index contributed by atoms with van der Waals surface area (Å²) in [5.41, 5.74) is 7.02. The van der Waals surface area contributed by atoms with Crippen LogP contribution in [0.3, 0.4) is 0 Å². The molecule has 0 atom stereocenters. The zero-order chi connectivity index (χ0) is 11.6. The maximum Gasteiger partial charge on any atom is 0.0332 e. The van der Waals surface area contributed by atoms with Gasteiger partial charge in [-0.1, -0.05) is 20.3 Å². The van der Waals surface area contributed by atoms with E-state index in [4.69, 9.17) is 5.73 Å². The second-order valence-corrected chi connectivity index (χ2v) is 6.64. The molecule has 0 aromatic rings. The molecule has 0 aromatic heterocycles. The lowest BCUT2D eigenvalue weighted by Crippen LogP contribution is -2.57. The standard InChI is InChI=1S/C14H28N2/c1-13(2)6-8-14(12-15,9-7-13)16-10-4-3-5-11-16/h3-12,15H2,1-2H3. The molecule has 16 heavy (non-hydrogen) atoms. The third kappa shape index (κ3) is 2.43. The molecule has 1 saturated carbocycles. The summed E-state index contributed by atoms with van der Waals surface area (Å²) in [6.45, 7) is 8.26. The number of hydrogen-bond acceptors (Lipinski definition) is 2. The molecule has 0 amide bonds. The lowest BCUT2D eigenvalue weighted by molar-refractivity contribution is 0.0107. The van der Waals surface area contributed by atoms with Crippen molar-refractivity contribution < 1.29 is 0 Å². The van der Waals surface area contributed by atoms with Gasteiger partial charge in [0, 0.05) is 12.1 Å². The summed E-state index contributed by atoms with van der Waals surface area (Å²) < 4.78 is 0. The van der Waals surface area contributed by atoms with E-state index in [1.165, 1.54) is 58.0 Å². The Hall–Kier alpha value is -0.0800. The first-order valence-electron chi connectivity index (χ1n) is 7.03. The van der Waals surface area contributed by atoms with E-state index in [0.717, 1.165) is 6.54 Å². The summed E-state index contributed by atoms with van der Waals surface area (Å²) in [6, 6.07) is 0. The van der Waals surface area contributed by atoms with Crippen molar-refractivity contribution in [1.29, 1.82) is 0 Å². The van der Waals surface area contributed by atoms with Crippen LogP contribution in [0.15, 0.2) is 0 Å². The number of rotatable bonds is 2. The Morgan fingerprint density at radius 1 is 0.938 bits per heavy atom. The van der Waals surface area contributed by atoms with Crippen molar-refractivity contribution in [3.63, 3.8) is 0 Å². The van der Waals surface area contributed by atoms with Gasteiger partial charge < -0.3 is 5.73 Å². The molecular weight excluding hydrogens is 196 g/mol. The SMILES string of the molecule is CC1(C)CCC(CN)(N2CCCCC2)CC1. The molecule has 2 aliphatic rings. The molecule has 2 N–H and O–H groups in total. The molecule has 2 fully saturated rings. The number of hydrogen-bond donors (Lipinski definition) is 1. The highest BCUT2D eigenvalue weighted by Gasteiger charge is 2.41. The summed E-state index contributed by atoms with van der Waals surface area (Å²) in [5, 5.41) is 0. The maximum absolute atomic E-state index is 6.12. The first-order chi connectivity index (χ1) is 7.58. The third-order valence-electron chi connectivity index (χ3n) is 4.94. The first-order valence-corrected chi connectivity index (χ1v) is 7.03. The van der Waals surface area contributed by atoms with E-state index in [-0.39, 0.29) is 0 Å². The molecule has 0 unspecified atom stereocenters. The second-order valence-electron chi connectivity index (χ2n) is 6.64. The average molecular weight is 224 g/mol. The van der Waals surface area contributed by atoms with Crippen LogP contribution in [0.4, 0.5) is 0 Å². The summed E-state index contributed by atoms with van der Waals surface area (Å²) in [6.07, 6.45) is 9.51. The van der Waals surface area contributed by atoms with Crippen LogP contribution in [0, 0.1) is 5.41 Å². The summed E-state index contributed by atoms with van der Waals surface area (Å²) in [5.74, 6) is 0. The lowest BCUT2D eigenvalue weighted by Gasteiger charge is -2.51. The minimum Gasteiger partial charge on any atom is -0.329 e. The van der Waals surface area contributed by atoms with Gasteiger partial charge in [-0.3, -0.25) is 4.90 Å². The van der Waals surface area contributed by atoms with E-state index in [1.54, 1.807) is 0 Å². The van der Waals surface area contributed by atoms with Gasteiger partial charge in [0.15, 0.2) is 0 Å². The highest BCUT2D eigenvalue weighted by Crippen LogP contribution is 2.43. The molecule has 94 valence electrons. The zero-order valence-corrected chi connectivity index (χ0v) is 11.1. The third-order valence-corrected chi connectivity index (χ3v) is 4.94. The number of nitrogens with zero attached hydrogens (tertiary/aromatic N) is 1. The van der Waals surface area contributed by atoms with Gasteiger partial charge in [0.2, 0.25) is 0 Å². The Morgan fingerprint density at radius 3 is 2.00 bits per heavy atom. The van der Waals surface area contributed by atoms with Crippen LogP contribution >= 0.6 is 0 Å². The number of nitrogens with two attached hydrogens (primary N) is 1. The molecular formula is C14H28N2. The van der Waals surface area contributed by atoms with Gasteiger partial charge in [-0.25, -0.2) is 0 Å². The zero-order valence-electron chi connectivity index (χ0n) is 11.1. The van der Waals surface area contributed by atoms with Crippen molar-refractivity contribution in [2.24, 2.45) is 11.1 Å². The van der Waals surface area contributed by atoms with E-state index in [9.17, 15) is 0 Å². The van der Waals surface area contributed by atoms with E-state index in [1.807, 2.05) is 0 Å². The van der Waals surface area contributed by atoms with Gasteiger partial charge >= 0.3 is 0 Å². The van der Waals surface area contributed by atoms with Crippen LogP contribution < -0.4 is 5.73 Å². The molecule has 2 heteroatoms. The van der Waals surface area contributed by atoms with Gasteiger partial charge in [-0.15, -0.1) is 0 Å². The number of likely N-dealkylation sites (tertiary alicyclic amines) is 1. The summed E-state index contributed by atoms with van der Waals surface area (Å²) >= 11 is 0. The normalized spacial score (nSPS) is 30.2. The van der Waals surface area contributed by atoms with Crippen LogP contribution in [0.2, 0.25) is 0 Å².